The van der Waals surface area contributed by atoms with Gasteiger partial charge in [-0.25, -0.2) is 9.78 Å². The molecule has 1 heterocycles. The standard InChI is InChI=1S/C25H33NO5/c1-17-7-5-10-19(23(17)25(27)28)14-29-21-11-6-12-22(13-21)30-15-20-16-31-24(26-20)18-8-3-2-4-9-18/h5,7,10,16,18,21-22H,2-4,6,8-9,11-15H2,1H3,(H,27,28)/t21-,22?/m1/s1. The van der Waals surface area contributed by atoms with Crippen LogP contribution < -0.4 is 0 Å². The van der Waals surface area contributed by atoms with Crippen molar-refractivity contribution in [3.8, 4) is 0 Å². The molecule has 2 fully saturated rings. The molecule has 0 spiro atoms. The van der Waals surface area contributed by atoms with Gasteiger partial charge in [-0.1, -0.05) is 37.5 Å². The summed E-state index contributed by atoms with van der Waals surface area (Å²) in [5, 5.41) is 9.50. The van der Waals surface area contributed by atoms with Crippen molar-refractivity contribution >= 4 is 5.97 Å². The Morgan fingerprint density at radius 2 is 1.81 bits per heavy atom. The highest BCUT2D eigenvalue weighted by molar-refractivity contribution is 5.91. The predicted octanol–water partition coefficient (Wildman–Crippen LogP) is 5.77. The minimum Gasteiger partial charge on any atom is -0.478 e. The molecule has 2 saturated carbocycles. The first kappa shape index (κ1) is 22.0. The molecule has 6 heteroatoms. The van der Waals surface area contributed by atoms with Crippen molar-refractivity contribution in [1.29, 1.82) is 0 Å². The minimum atomic E-state index is -0.901. The lowest BCUT2D eigenvalue weighted by Crippen LogP contribution is -2.28. The minimum absolute atomic E-state index is 0.0796. The zero-order valence-electron chi connectivity index (χ0n) is 18.3. The van der Waals surface area contributed by atoms with Crippen molar-refractivity contribution in [3.05, 3.63) is 52.7 Å². The summed E-state index contributed by atoms with van der Waals surface area (Å²) >= 11 is 0. The van der Waals surface area contributed by atoms with E-state index in [0.29, 0.717) is 24.7 Å². The molecule has 0 amide bonds. The Kier molecular flexibility index (Phi) is 7.41. The second-order valence-electron chi connectivity index (χ2n) is 8.96. The lowest BCUT2D eigenvalue weighted by atomic mass is 9.89. The smallest absolute Gasteiger partial charge is 0.336 e. The quantitative estimate of drug-likeness (QED) is 0.576. The summed E-state index contributed by atoms with van der Waals surface area (Å²) in [6, 6.07) is 5.54. The third kappa shape index (κ3) is 5.74. The number of ether oxygens (including phenoxy) is 2. The van der Waals surface area contributed by atoms with E-state index in [-0.39, 0.29) is 12.2 Å². The van der Waals surface area contributed by atoms with Gasteiger partial charge in [0.1, 0.15) is 12.0 Å². The zero-order chi connectivity index (χ0) is 21.6. The number of hydrogen-bond donors (Lipinski definition) is 1. The Labute approximate surface area is 184 Å². The summed E-state index contributed by atoms with van der Waals surface area (Å²) in [6.07, 6.45) is 12.0. The summed E-state index contributed by atoms with van der Waals surface area (Å²) < 4.78 is 18.0. The average Bonchev–Trinajstić information content (AvgIpc) is 3.26. The number of carboxylic acids is 1. The van der Waals surface area contributed by atoms with Gasteiger partial charge in [0.05, 0.1) is 31.0 Å². The SMILES string of the molecule is Cc1cccc(CO[C@@H]2CCCC(OCc3coc(C4CCCCC4)n3)C2)c1C(=O)O. The molecule has 2 atom stereocenters. The molecule has 4 rings (SSSR count). The third-order valence-electron chi connectivity index (χ3n) is 6.62. The van der Waals surface area contributed by atoms with E-state index in [2.05, 4.69) is 4.98 Å². The van der Waals surface area contributed by atoms with Crippen LogP contribution >= 0.6 is 0 Å². The zero-order valence-corrected chi connectivity index (χ0v) is 18.3. The van der Waals surface area contributed by atoms with Gasteiger partial charge in [-0.3, -0.25) is 0 Å². The molecule has 2 aromatic rings. The number of aryl methyl sites for hydroxylation is 1. The van der Waals surface area contributed by atoms with Gasteiger partial charge < -0.3 is 19.0 Å². The van der Waals surface area contributed by atoms with E-state index >= 15 is 0 Å². The van der Waals surface area contributed by atoms with Crippen LogP contribution in [0.1, 0.15) is 96.8 Å². The number of aromatic nitrogens is 1. The van der Waals surface area contributed by atoms with E-state index < -0.39 is 5.97 Å². The van der Waals surface area contributed by atoms with Crippen LogP contribution in [-0.4, -0.2) is 28.3 Å². The van der Waals surface area contributed by atoms with Crippen LogP contribution in [0.2, 0.25) is 0 Å². The van der Waals surface area contributed by atoms with Crippen LogP contribution in [0.5, 0.6) is 0 Å². The Morgan fingerprint density at radius 3 is 2.55 bits per heavy atom. The van der Waals surface area contributed by atoms with Gasteiger partial charge in [0, 0.05) is 5.92 Å². The molecule has 2 aliphatic rings. The van der Waals surface area contributed by atoms with Crippen LogP contribution in [-0.2, 0) is 22.7 Å². The Hall–Kier alpha value is -2.18. The summed E-state index contributed by atoms with van der Waals surface area (Å²) in [5.41, 5.74) is 2.72. The van der Waals surface area contributed by atoms with Crippen molar-refractivity contribution < 1.29 is 23.8 Å². The average molecular weight is 428 g/mol. The number of carboxylic acid groups (broad SMARTS) is 1. The molecule has 2 aliphatic carbocycles. The van der Waals surface area contributed by atoms with Crippen molar-refractivity contribution in [2.75, 3.05) is 0 Å². The first-order chi connectivity index (χ1) is 15.1. The van der Waals surface area contributed by atoms with E-state index in [0.717, 1.165) is 48.4 Å². The summed E-state index contributed by atoms with van der Waals surface area (Å²) in [5.74, 6) is 0.435. The van der Waals surface area contributed by atoms with Crippen molar-refractivity contribution in [2.24, 2.45) is 0 Å². The highest BCUT2D eigenvalue weighted by Crippen LogP contribution is 2.32. The van der Waals surface area contributed by atoms with Gasteiger partial charge in [0.25, 0.3) is 0 Å². The molecule has 31 heavy (non-hydrogen) atoms. The van der Waals surface area contributed by atoms with Crippen molar-refractivity contribution in [2.45, 2.75) is 96.1 Å². The molecule has 1 aromatic heterocycles. The van der Waals surface area contributed by atoms with E-state index in [4.69, 9.17) is 13.9 Å². The van der Waals surface area contributed by atoms with Crippen molar-refractivity contribution in [1.82, 2.24) is 4.98 Å². The maximum absolute atomic E-state index is 11.6. The van der Waals surface area contributed by atoms with Gasteiger partial charge >= 0.3 is 5.97 Å². The number of oxazole rings is 1. The first-order valence-corrected chi connectivity index (χ1v) is 11.6. The van der Waals surface area contributed by atoms with Gasteiger partial charge in [-0.15, -0.1) is 0 Å². The molecule has 6 nitrogen and oxygen atoms in total. The molecular weight excluding hydrogens is 394 g/mol. The maximum Gasteiger partial charge on any atom is 0.336 e. The fourth-order valence-electron chi connectivity index (χ4n) is 4.90. The second kappa shape index (κ2) is 10.4. The topological polar surface area (TPSA) is 81.8 Å². The van der Waals surface area contributed by atoms with E-state index in [1.54, 1.807) is 6.26 Å². The Balaban J connectivity index is 1.26. The van der Waals surface area contributed by atoms with Crippen molar-refractivity contribution in [3.63, 3.8) is 0 Å². The molecule has 0 aliphatic heterocycles. The number of rotatable bonds is 8. The lowest BCUT2D eigenvalue weighted by molar-refractivity contribution is -0.0563. The van der Waals surface area contributed by atoms with E-state index in [1.807, 2.05) is 25.1 Å². The Morgan fingerprint density at radius 1 is 1.06 bits per heavy atom. The monoisotopic (exact) mass is 427 g/mol. The van der Waals surface area contributed by atoms with E-state index in [1.165, 1.54) is 32.1 Å². The van der Waals surface area contributed by atoms with Crippen LogP contribution in [0.4, 0.5) is 0 Å². The molecule has 0 saturated heterocycles. The number of aromatic carboxylic acids is 1. The van der Waals surface area contributed by atoms with Gasteiger partial charge in [0.2, 0.25) is 0 Å². The van der Waals surface area contributed by atoms with E-state index in [9.17, 15) is 9.90 Å². The Bertz CT molecular complexity index is 871. The first-order valence-electron chi connectivity index (χ1n) is 11.6. The maximum atomic E-state index is 11.6. The normalized spacial score (nSPS) is 22.5. The highest BCUT2D eigenvalue weighted by atomic mass is 16.5. The molecule has 0 bridgehead atoms. The number of benzene rings is 1. The summed E-state index contributed by atoms with van der Waals surface area (Å²) in [7, 11) is 0. The second-order valence-corrected chi connectivity index (χ2v) is 8.96. The molecule has 1 aromatic carbocycles. The predicted molar refractivity (Wildman–Crippen MR) is 116 cm³/mol. The summed E-state index contributed by atoms with van der Waals surface area (Å²) in [6.45, 7) is 2.60. The highest BCUT2D eigenvalue weighted by Gasteiger charge is 2.25. The lowest BCUT2D eigenvalue weighted by Gasteiger charge is -2.29. The van der Waals surface area contributed by atoms with Gasteiger partial charge in [-0.2, -0.15) is 0 Å². The number of carbonyl (C=O) groups is 1. The van der Waals surface area contributed by atoms with Crippen LogP contribution in [0.25, 0.3) is 0 Å². The molecule has 1 unspecified atom stereocenters. The summed E-state index contributed by atoms with van der Waals surface area (Å²) in [4.78, 5) is 16.2. The fourth-order valence-corrected chi connectivity index (χ4v) is 4.90. The molecule has 1 N–H and O–H groups in total. The van der Waals surface area contributed by atoms with Crippen LogP contribution in [0, 0.1) is 6.92 Å². The largest absolute Gasteiger partial charge is 0.478 e. The number of hydrogen-bond acceptors (Lipinski definition) is 5. The van der Waals surface area contributed by atoms with Crippen LogP contribution in [0.15, 0.2) is 28.9 Å². The number of nitrogens with zero attached hydrogens (tertiary/aromatic N) is 1. The van der Waals surface area contributed by atoms with Crippen LogP contribution in [0.3, 0.4) is 0 Å². The molecular formula is C25H33NO5. The fraction of sp³-hybridized carbons (Fsp3) is 0.600. The van der Waals surface area contributed by atoms with Gasteiger partial charge in [0.15, 0.2) is 5.89 Å². The molecule has 0 radical (unpaired) electrons. The third-order valence-corrected chi connectivity index (χ3v) is 6.62. The van der Waals surface area contributed by atoms with Gasteiger partial charge in [-0.05, 0) is 56.6 Å². The molecule has 168 valence electrons.